The van der Waals surface area contributed by atoms with Gasteiger partial charge in [-0.15, -0.1) is 0 Å². The fourth-order valence-corrected chi connectivity index (χ4v) is 2.90. The van der Waals surface area contributed by atoms with E-state index in [1.54, 1.807) is 0 Å². The molecule has 0 amide bonds. The Morgan fingerprint density at radius 1 is 1.19 bits per heavy atom. The average molecular weight is 227 g/mol. The van der Waals surface area contributed by atoms with E-state index in [-0.39, 0.29) is 0 Å². The molecule has 3 nitrogen and oxygen atoms in total. The molecule has 2 aliphatic rings. The summed E-state index contributed by atoms with van der Waals surface area (Å²) in [5.74, 6) is 0.838. The molecule has 2 fully saturated rings. The fourth-order valence-electron chi connectivity index (χ4n) is 2.90. The van der Waals surface area contributed by atoms with Gasteiger partial charge in [-0.05, 0) is 38.6 Å². The molecular weight excluding hydrogens is 202 g/mol. The molecule has 2 rings (SSSR count). The standard InChI is InChI=1S/C13H25NO2/c1-14-13(11-4-2-3-5-11)10-16-12-6-8-15-9-7-12/h11-14H,2-10H2,1H3. The summed E-state index contributed by atoms with van der Waals surface area (Å²) >= 11 is 0. The van der Waals surface area contributed by atoms with E-state index in [1.165, 1.54) is 25.7 Å². The van der Waals surface area contributed by atoms with E-state index in [9.17, 15) is 0 Å². The van der Waals surface area contributed by atoms with Crippen molar-refractivity contribution in [1.29, 1.82) is 0 Å². The van der Waals surface area contributed by atoms with Crippen LogP contribution in [0.1, 0.15) is 38.5 Å². The third-order valence-corrected chi connectivity index (χ3v) is 4.02. The van der Waals surface area contributed by atoms with Crippen LogP contribution in [0.5, 0.6) is 0 Å². The SMILES string of the molecule is CNC(COC1CCOCC1)C1CCCC1. The summed E-state index contributed by atoms with van der Waals surface area (Å²) < 4.78 is 11.3. The number of hydrogen-bond acceptors (Lipinski definition) is 3. The van der Waals surface area contributed by atoms with E-state index in [2.05, 4.69) is 12.4 Å². The number of hydrogen-bond donors (Lipinski definition) is 1. The summed E-state index contributed by atoms with van der Waals surface area (Å²) in [6.45, 7) is 2.63. The smallest absolute Gasteiger partial charge is 0.0626 e. The second-order valence-electron chi connectivity index (χ2n) is 5.08. The highest BCUT2D eigenvalue weighted by Gasteiger charge is 2.25. The van der Waals surface area contributed by atoms with Gasteiger partial charge in [0.15, 0.2) is 0 Å². The van der Waals surface area contributed by atoms with Crippen molar-refractivity contribution in [3.8, 4) is 0 Å². The van der Waals surface area contributed by atoms with Crippen molar-refractivity contribution in [2.75, 3.05) is 26.9 Å². The lowest BCUT2D eigenvalue weighted by molar-refractivity contribution is -0.0416. The monoisotopic (exact) mass is 227 g/mol. The van der Waals surface area contributed by atoms with Crippen molar-refractivity contribution in [2.45, 2.75) is 50.7 Å². The molecule has 0 aromatic rings. The van der Waals surface area contributed by atoms with Crippen molar-refractivity contribution in [2.24, 2.45) is 5.92 Å². The Hall–Kier alpha value is -0.120. The van der Waals surface area contributed by atoms with Gasteiger partial charge in [-0.25, -0.2) is 0 Å². The molecule has 0 aromatic carbocycles. The summed E-state index contributed by atoms with van der Waals surface area (Å²) in [6, 6.07) is 0.561. The van der Waals surface area contributed by atoms with E-state index in [1.807, 2.05) is 0 Å². The predicted molar refractivity (Wildman–Crippen MR) is 64.6 cm³/mol. The van der Waals surface area contributed by atoms with Crippen LogP contribution in [0.3, 0.4) is 0 Å². The van der Waals surface area contributed by atoms with Crippen LogP contribution in [0, 0.1) is 5.92 Å². The molecule has 16 heavy (non-hydrogen) atoms. The first-order chi connectivity index (χ1) is 7.90. The van der Waals surface area contributed by atoms with Crippen LogP contribution in [0.2, 0.25) is 0 Å². The molecule has 1 saturated carbocycles. The van der Waals surface area contributed by atoms with Crippen LogP contribution in [0.15, 0.2) is 0 Å². The Bertz CT molecular complexity index is 186. The lowest BCUT2D eigenvalue weighted by atomic mass is 9.99. The van der Waals surface area contributed by atoms with Crippen molar-refractivity contribution < 1.29 is 9.47 Å². The van der Waals surface area contributed by atoms with Crippen LogP contribution in [-0.4, -0.2) is 39.0 Å². The number of nitrogens with one attached hydrogen (secondary N) is 1. The third-order valence-electron chi connectivity index (χ3n) is 4.02. The molecule has 0 bridgehead atoms. The Balaban J connectivity index is 1.69. The molecule has 1 atom stereocenters. The second-order valence-corrected chi connectivity index (χ2v) is 5.08. The number of likely N-dealkylation sites (N-methyl/N-ethyl adjacent to an activating group) is 1. The van der Waals surface area contributed by atoms with Crippen LogP contribution < -0.4 is 5.32 Å². The Labute approximate surface area is 98.9 Å². The fraction of sp³-hybridized carbons (Fsp3) is 1.00. The average Bonchev–Trinajstić information content (AvgIpc) is 2.85. The van der Waals surface area contributed by atoms with E-state index >= 15 is 0 Å². The number of ether oxygens (including phenoxy) is 2. The highest BCUT2D eigenvalue weighted by Crippen LogP contribution is 2.28. The van der Waals surface area contributed by atoms with Crippen LogP contribution in [-0.2, 0) is 9.47 Å². The Morgan fingerprint density at radius 3 is 2.50 bits per heavy atom. The van der Waals surface area contributed by atoms with Gasteiger partial charge in [0, 0.05) is 19.3 Å². The molecule has 1 aliphatic heterocycles. The molecule has 0 radical (unpaired) electrons. The Morgan fingerprint density at radius 2 is 1.88 bits per heavy atom. The quantitative estimate of drug-likeness (QED) is 0.779. The van der Waals surface area contributed by atoms with Crippen molar-refractivity contribution >= 4 is 0 Å². The zero-order valence-electron chi connectivity index (χ0n) is 10.4. The van der Waals surface area contributed by atoms with Gasteiger partial charge in [-0.2, -0.15) is 0 Å². The summed E-state index contributed by atoms with van der Waals surface area (Å²) in [7, 11) is 2.07. The molecule has 1 heterocycles. The second kappa shape index (κ2) is 6.58. The summed E-state index contributed by atoms with van der Waals surface area (Å²) in [5.41, 5.74) is 0. The minimum absolute atomic E-state index is 0.436. The van der Waals surface area contributed by atoms with Crippen LogP contribution in [0.25, 0.3) is 0 Å². The van der Waals surface area contributed by atoms with Crippen molar-refractivity contribution in [3.05, 3.63) is 0 Å². The van der Waals surface area contributed by atoms with Gasteiger partial charge in [-0.1, -0.05) is 12.8 Å². The lowest BCUT2D eigenvalue weighted by Crippen LogP contribution is -2.38. The first-order valence-electron chi connectivity index (χ1n) is 6.76. The molecule has 94 valence electrons. The highest BCUT2D eigenvalue weighted by atomic mass is 16.5. The summed E-state index contributed by atoms with van der Waals surface area (Å²) in [4.78, 5) is 0. The zero-order chi connectivity index (χ0) is 11.2. The van der Waals surface area contributed by atoms with E-state index in [0.717, 1.165) is 38.6 Å². The van der Waals surface area contributed by atoms with E-state index < -0.39 is 0 Å². The first-order valence-corrected chi connectivity index (χ1v) is 6.76. The van der Waals surface area contributed by atoms with Gasteiger partial charge in [-0.3, -0.25) is 0 Å². The molecule has 0 spiro atoms. The molecular formula is C13H25NO2. The zero-order valence-corrected chi connectivity index (χ0v) is 10.4. The lowest BCUT2D eigenvalue weighted by Gasteiger charge is -2.27. The van der Waals surface area contributed by atoms with Crippen molar-refractivity contribution in [1.82, 2.24) is 5.32 Å². The predicted octanol–water partition coefficient (Wildman–Crippen LogP) is 1.96. The third kappa shape index (κ3) is 3.44. The van der Waals surface area contributed by atoms with Gasteiger partial charge >= 0.3 is 0 Å². The molecule has 0 aromatic heterocycles. The maximum Gasteiger partial charge on any atom is 0.0626 e. The maximum absolute atomic E-state index is 6.01. The first kappa shape index (κ1) is 12.3. The normalized spacial score (nSPS) is 26.1. The van der Waals surface area contributed by atoms with Crippen molar-refractivity contribution in [3.63, 3.8) is 0 Å². The van der Waals surface area contributed by atoms with E-state index in [0.29, 0.717) is 12.1 Å². The van der Waals surface area contributed by atoms with E-state index in [4.69, 9.17) is 9.47 Å². The minimum Gasteiger partial charge on any atom is -0.381 e. The van der Waals surface area contributed by atoms with Crippen LogP contribution in [0.4, 0.5) is 0 Å². The summed E-state index contributed by atoms with van der Waals surface area (Å²) in [6.07, 6.45) is 8.14. The Kier molecular flexibility index (Phi) is 5.07. The van der Waals surface area contributed by atoms with Gasteiger partial charge < -0.3 is 14.8 Å². The number of rotatable bonds is 5. The largest absolute Gasteiger partial charge is 0.381 e. The molecule has 1 aliphatic carbocycles. The minimum atomic E-state index is 0.436. The van der Waals surface area contributed by atoms with Gasteiger partial charge in [0.1, 0.15) is 0 Å². The highest BCUT2D eigenvalue weighted by molar-refractivity contribution is 4.80. The topological polar surface area (TPSA) is 30.5 Å². The molecule has 1 unspecified atom stereocenters. The van der Waals surface area contributed by atoms with Crippen LogP contribution >= 0.6 is 0 Å². The van der Waals surface area contributed by atoms with Gasteiger partial charge in [0.25, 0.3) is 0 Å². The van der Waals surface area contributed by atoms with Gasteiger partial charge in [0.05, 0.1) is 12.7 Å². The maximum atomic E-state index is 6.01. The molecule has 1 N–H and O–H groups in total. The summed E-state index contributed by atoms with van der Waals surface area (Å²) in [5, 5.41) is 3.43. The van der Waals surface area contributed by atoms with Gasteiger partial charge in [0.2, 0.25) is 0 Å². The molecule has 1 saturated heterocycles. The molecule has 3 heteroatoms.